The van der Waals surface area contributed by atoms with Crippen LogP contribution in [-0.2, 0) is 16.6 Å². The quantitative estimate of drug-likeness (QED) is 0.377. The highest BCUT2D eigenvalue weighted by Crippen LogP contribution is 2.46. The lowest BCUT2D eigenvalue weighted by Gasteiger charge is -2.62. The Morgan fingerprint density at radius 3 is 2.30 bits per heavy atom. The summed E-state index contributed by atoms with van der Waals surface area (Å²) in [6.07, 6.45) is 0. The summed E-state index contributed by atoms with van der Waals surface area (Å²) < 4.78 is 26.4. The first-order valence-electron chi connectivity index (χ1n) is 9.01. The van der Waals surface area contributed by atoms with Crippen LogP contribution in [0.1, 0.15) is 40.2 Å². The van der Waals surface area contributed by atoms with Gasteiger partial charge in [-0.1, -0.05) is 32.0 Å². The highest BCUT2D eigenvalue weighted by Gasteiger charge is 2.53. The molecule has 0 atom stereocenters. The van der Waals surface area contributed by atoms with Gasteiger partial charge in [0.05, 0.1) is 11.4 Å². The van der Waals surface area contributed by atoms with E-state index in [-0.39, 0.29) is 34.9 Å². The molecular weight excluding hydrogens is 475 g/mol. The Balaban J connectivity index is 0.00000364. The van der Waals surface area contributed by atoms with Gasteiger partial charge in [-0.3, -0.25) is 0 Å². The number of sulfonamides is 1. The Morgan fingerprint density at radius 2 is 1.81 bits per heavy atom. The first-order chi connectivity index (χ1) is 11.9. The maximum atomic E-state index is 12.6. The van der Waals surface area contributed by atoms with E-state index in [4.69, 9.17) is 4.99 Å². The average Bonchev–Trinajstić information content (AvgIpc) is 2.56. The number of rotatable bonds is 5. The van der Waals surface area contributed by atoms with Crippen molar-refractivity contribution in [3.8, 4) is 0 Å². The van der Waals surface area contributed by atoms with Crippen LogP contribution in [-0.4, -0.2) is 56.3 Å². The average molecular weight is 508 g/mol. The van der Waals surface area contributed by atoms with E-state index in [9.17, 15) is 8.42 Å². The van der Waals surface area contributed by atoms with Crippen molar-refractivity contribution in [1.82, 2.24) is 14.5 Å². The van der Waals surface area contributed by atoms with Crippen LogP contribution in [0.25, 0.3) is 0 Å². The first-order valence-corrected chi connectivity index (χ1v) is 10.5. The van der Waals surface area contributed by atoms with E-state index in [1.54, 1.807) is 26.2 Å². The molecule has 0 aliphatic carbocycles. The zero-order valence-electron chi connectivity index (χ0n) is 17.4. The number of nitrogens with one attached hydrogen (secondary N) is 1. The molecule has 1 saturated heterocycles. The van der Waals surface area contributed by atoms with E-state index < -0.39 is 10.0 Å². The Hall–Kier alpha value is -0.870. The second-order valence-corrected chi connectivity index (χ2v) is 10.2. The molecule has 27 heavy (non-hydrogen) atoms. The number of hydrogen-bond donors (Lipinski definition) is 1. The molecule has 6 nitrogen and oxygen atoms in total. The Kier molecular flexibility index (Phi) is 7.74. The number of hydrogen-bond acceptors (Lipinski definition) is 3. The molecular formula is C19H33IN4O2S. The van der Waals surface area contributed by atoms with Crippen LogP contribution in [0.4, 0.5) is 0 Å². The van der Waals surface area contributed by atoms with Gasteiger partial charge in [0.25, 0.3) is 0 Å². The standard InChI is InChI=1S/C19H32N4O2S.HI/c1-8-20-17(23-14-18(2,3)19(23,4)5)21-13-15-11-9-10-12-16(15)26(24,25)22(6)7;/h9-12H,8,13-14H2,1-7H3,(H,20,21);1H. The lowest BCUT2D eigenvalue weighted by molar-refractivity contribution is -0.0667. The molecule has 8 heteroatoms. The maximum absolute atomic E-state index is 12.6. The lowest BCUT2D eigenvalue weighted by atomic mass is 9.65. The molecule has 1 aromatic carbocycles. The van der Waals surface area contributed by atoms with E-state index in [0.29, 0.717) is 17.0 Å². The van der Waals surface area contributed by atoms with E-state index in [1.807, 2.05) is 19.1 Å². The molecule has 0 saturated carbocycles. The van der Waals surface area contributed by atoms with E-state index in [2.05, 4.69) is 37.9 Å². The van der Waals surface area contributed by atoms with Crippen molar-refractivity contribution in [2.75, 3.05) is 27.2 Å². The molecule has 0 amide bonds. The van der Waals surface area contributed by atoms with Gasteiger partial charge in [0.2, 0.25) is 10.0 Å². The van der Waals surface area contributed by atoms with Gasteiger partial charge < -0.3 is 10.2 Å². The van der Waals surface area contributed by atoms with Gasteiger partial charge in [0.1, 0.15) is 0 Å². The summed E-state index contributed by atoms with van der Waals surface area (Å²) >= 11 is 0. The topological polar surface area (TPSA) is 65.0 Å². The number of guanidine groups is 1. The molecule has 0 unspecified atom stereocenters. The molecule has 154 valence electrons. The van der Waals surface area contributed by atoms with Gasteiger partial charge in [-0.25, -0.2) is 17.7 Å². The summed E-state index contributed by atoms with van der Waals surface area (Å²) in [5.41, 5.74) is 0.896. The van der Waals surface area contributed by atoms with E-state index in [1.165, 1.54) is 4.31 Å². The molecule has 1 heterocycles. The van der Waals surface area contributed by atoms with Crippen LogP contribution in [0.2, 0.25) is 0 Å². The van der Waals surface area contributed by atoms with Crippen molar-refractivity contribution in [3.63, 3.8) is 0 Å². The summed E-state index contributed by atoms with van der Waals surface area (Å²) in [5, 5.41) is 3.35. The van der Waals surface area contributed by atoms with Crippen molar-refractivity contribution in [2.24, 2.45) is 10.4 Å². The number of halogens is 1. The van der Waals surface area contributed by atoms with Crippen molar-refractivity contribution in [1.29, 1.82) is 0 Å². The lowest BCUT2D eigenvalue weighted by Crippen LogP contribution is -2.72. The molecule has 0 bridgehead atoms. The minimum atomic E-state index is -3.49. The van der Waals surface area contributed by atoms with Crippen LogP contribution in [0, 0.1) is 5.41 Å². The second kappa shape index (κ2) is 8.65. The van der Waals surface area contributed by atoms with Gasteiger partial charge >= 0.3 is 0 Å². The summed E-state index contributed by atoms with van der Waals surface area (Å²) in [5.74, 6) is 0.828. The van der Waals surface area contributed by atoms with Gasteiger partial charge in [0.15, 0.2) is 5.96 Å². The largest absolute Gasteiger partial charge is 0.356 e. The summed E-state index contributed by atoms with van der Waals surface area (Å²) in [6, 6.07) is 7.07. The minimum absolute atomic E-state index is 0. The first kappa shape index (κ1) is 24.2. The SMILES string of the molecule is CCNC(=NCc1ccccc1S(=O)(=O)N(C)C)N1CC(C)(C)C1(C)C.I. The minimum Gasteiger partial charge on any atom is -0.356 e. The normalized spacial score (nSPS) is 18.7. The Bertz CT molecular complexity index is 789. The summed E-state index contributed by atoms with van der Waals surface area (Å²) in [6.45, 7) is 13.0. The van der Waals surface area contributed by atoms with Gasteiger partial charge in [0, 0.05) is 38.1 Å². The number of benzene rings is 1. The number of aliphatic imine (C=N–C) groups is 1. The molecule has 1 aliphatic rings. The molecule has 0 spiro atoms. The van der Waals surface area contributed by atoms with E-state index in [0.717, 1.165) is 19.0 Å². The zero-order valence-corrected chi connectivity index (χ0v) is 20.6. The molecule has 1 fully saturated rings. The monoisotopic (exact) mass is 508 g/mol. The van der Waals surface area contributed by atoms with Crippen LogP contribution >= 0.6 is 24.0 Å². The predicted molar refractivity (Wildman–Crippen MR) is 122 cm³/mol. The molecule has 1 N–H and O–H groups in total. The fraction of sp³-hybridized carbons (Fsp3) is 0.632. The zero-order chi connectivity index (χ0) is 19.8. The third-order valence-electron chi connectivity index (χ3n) is 5.61. The molecule has 0 radical (unpaired) electrons. The Morgan fingerprint density at radius 1 is 1.22 bits per heavy atom. The predicted octanol–water partition coefficient (Wildman–Crippen LogP) is 3.14. The van der Waals surface area contributed by atoms with Crippen LogP contribution < -0.4 is 5.32 Å². The van der Waals surface area contributed by atoms with Gasteiger partial charge in [-0.05, 0) is 32.4 Å². The molecule has 1 aliphatic heterocycles. The highest BCUT2D eigenvalue weighted by molar-refractivity contribution is 14.0. The molecule has 2 rings (SSSR count). The highest BCUT2D eigenvalue weighted by atomic mass is 127. The number of likely N-dealkylation sites (tertiary alicyclic amines) is 1. The van der Waals surface area contributed by atoms with E-state index >= 15 is 0 Å². The van der Waals surface area contributed by atoms with Crippen LogP contribution in [0.15, 0.2) is 34.2 Å². The molecule has 0 aromatic heterocycles. The van der Waals surface area contributed by atoms with Gasteiger partial charge in [-0.2, -0.15) is 0 Å². The van der Waals surface area contributed by atoms with Crippen LogP contribution in [0.3, 0.4) is 0 Å². The van der Waals surface area contributed by atoms with Crippen molar-refractivity contribution in [2.45, 2.75) is 51.6 Å². The summed E-state index contributed by atoms with van der Waals surface area (Å²) in [7, 11) is -0.399. The summed E-state index contributed by atoms with van der Waals surface area (Å²) in [4.78, 5) is 7.33. The smallest absolute Gasteiger partial charge is 0.242 e. The number of nitrogens with zero attached hydrogens (tertiary/aromatic N) is 3. The Labute approximate surface area is 181 Å². The third kappa shape index (κ3) is 4.59. The van der Waals surface area contributed by atoms with Crippen molar-refractivity contribution >= 4 is 40.0 Å². The molecule has 1 aromatic rings. The van der Waals surface area contributed by atoms with Gasteiger partial charge in [-0.15, -0.1) is 24.0 Å². The van der Waals surface area contributed by atoms with Crippen LogP contribution in [0.5, 0.6) is 0 Å². The fourth-order valence-corrected chi connectivity index (χ4v) is 4.15. The maximum Gasteiger partial charge on any atom is 0.242 e. The van der Waals surface area contributed by atoms with Crippen molar-refractivity contribution < 1.29 is 8.42 Å². The van der Waals surface area contributed by atoms with Crippen molar-refractivity contribution in [3.05, 3.63) is 29.8 Å². The third-order valence-corrected chi connectivity index (χ3v) is 7.52. The second-order valence-electron chi connectivity index (χ2n) is 8.09. The fourth-order valence-electron chi connectivity index (χ4n) is 3.04.